The van der Waals surface area contributed by atoms with Gasteiger partial charge < -0.3 is 11.1 Å². The van der Waals surface area contributed by atoms with Gasteiger partial charge >= 0.3 is 0 Å². The lowest BCUT2D eigenvalue weighted by Gasteiger charge is -2.25. The van der Waals surface area contributed by atoms with Gasteiger partial charge in [-0.05, 0) is 36.6 Å². The quantitative estimate of drug-likeness (QED) is 0.640. The van der Waals surface area contributed by atoms with Crippen LogP contribution in [0.2, 0.25) is 0 Å². The molecule has 0 amide bonds. The third-order valence-corrected chi connectivity index (χ3v) is 2.49. The molecule has 0 bridgehead atoms. The zero-order chi connectivity index (χ0) is 9.42. The number of halogens is 1. The minimum atomic E-state index is -0.196. The molecule has 1 heterocycles. The second-order valence-electron chi connectivity index (χ2n) is 3.51. The van der Waals surface area contributed by atoms with Crippen molar-refractivity contribution >= 4 is 5.69 Å². The summed E-state index contributed by atoms with van der Waals surface area (Å²) in [6, 6.07) is 3.10. The van der Waals surface area contributed by atoms with Gasteiger partial charge in [-0.3, -0.25) is 0 Å². The van der Waals surface area contributed by atoms with E-state index in [4.69, 9.17) is 5.73 Å². The molecule has 0 saturated carbocycles. The highest BCUT2D eigenvalue weighted by molar-refractivity contribution is 5.57. The normalized spacial score (nSPS) is 20.7. The molecule has 1 unspecified atom stereocenters. The van der Waals surface area contributed by atoms with Crippen LogP contribution in [0.15, 0.2) is 12.1 Å². The zero-order valence-electron chi connectivity index (χ0n) is 7.60. The minimum absolute atomic E-state index is 0.0526. The molecule has 0 saturated heterocycles. The summed E-state index contributed by atoms with van der Waals surface area (Å²) in [6.45, 7) is 2.73. The molecular weight excluding hydrogens is 167 g/mol. The maximum absolute atomic E-state index is 13.0. The van der Waals surface area contributed by atoms with Gasteiger partial charge in [0.2, 0.25) is 0 Å². The van der Waals surface area contributed by atoms with Crippen LogP contribution >= 0.6 is 0 Å². The monoisotopic (exact) mass is 180 g/mol. The van der Waals surface area contributed by atoms with Crippen molar-refractivity contribution in [2.75, 3.05) is 11.9 Å². The Morgan fingerprint density at radius 2 is 2.31 bits per heavy atom. The average molecular weight is 180 g/mol. The summed E-state index contributed by atoms with van der Waals surface area (Å²) in [7, 11) is 0. The average Bonchev–Trinajstić information content (AvgIpc) is 2.02. The van der Waals surface area contributed by atoms with E-state index in [1.165, 1.54) is 12.1 Å². The van der Waals surface area contributed by atoms with Gasteiger partial charge in [0.25, 0.3) is 0 Å². The highest BCUT2D eigenvalue weighted by Gasteiger charge is 2.18. The number of fused-ring (bicyclic) bond motifs is 1. The van der Waals surface area contributed by atoms with Gasteiger partial charge in [-0.15, -0.1) is 0 Å². The number of hydrogen-bond acceptors (Lipinski definition) is 2. The Balaban J connectivity index is 2.56. The number of rotatable bonds is 0. The largest absolute Gasteiger partial charge is 0.385 e. The molecule has 1 aromatic carbocycles. The molecule has 0 aromatic heterocycles. The van der Waals surface area contributed by atoms with Gasteiger partial charge in [-0.2, -0.15) is 0 Å². The maximum atomic E-state index is 13.0. The van der Waals surface area contributed by atoms with Crippen molar-refractivity contribution in [2.24, 2.45) is 5.73 Å². The Morgan fingerprint density at radius 3 is 3.08 bits per heavy atom. The number of anilines is 1. The molecule has 1 aromatic rings. The highest BCUT2D eigenvalue weighted by Crippen LogP contribution is 2.31. The van der Waals surface area contributed by atoms with Gasteiger partial charge in [-0.1, -0.05) is 0 Å². The van der Waals surface area contributed by atoms with Gasteiger partial charge in [0.1, 0.15) is 5.82 Å². The Morgan fingerprint density at radius 1 is 1.54 bits per heavy atom. The first kappa shape index (κ1) is 8.51. The summed E-state index contributed by atoms with van der Waals surface area (Å²) < 4.78 is 13.0. The molecule has 13 heavy (non-hydrogen) atoms. The van der Waals surface area contributed by atoms with E-state index in [1.54, 1.807) is 0 Å². The first-order valence-corrected chi connectivity index (χ1v) is 4.48. The van der Waals surface area contributed by atoms with Gasteiger partial charge in [0.15, 0.2) is 0 Å². The van der Waals surface area contributed by atoms with E-state index in [0.717, 1.165) is 29.8 Å². The maximum Gasteiger partial charge on any atom is 0.125 e. The molecule has 70 valence electrons. The van der Waals surface area contributed by atoms with Crippen LogP contribution in [-0.2, 0) is 0 Å². The van der Waals surface area contributed by atoms with E-state index >= 15 is 0 Å². The fourth-order valence-electron chi connectivity index (χ4n) is 1.90. The van der Waals surface area contributed by atoms with Crippen molar-refractivity contribution < 1.29 is 4.39 Å². The molecule has 0 fully saturated rings. The SMILES string of the molecule is Cc1cc(F)cc2c1C(N)CCN2. The van der Waals surface area contributed by atoms with E-state index in [1.807, 2.05) is 6.92 Å². The molecule has 1 aliphatic rings. The summed E-state index contributed by atoms with van der Waals surface area (Å²) in [4.78, 5) is 0. The summed E-state index contributed by atoms with van der Waals surface area (Å²) >= 11 is 0. The molecule has 1 aliphatic heterocycles. The predicted octanol–water partition coefficient (Wildman–Crippen LogP) is 1.95. The topological polar surface area (TPSA) is 38.0 Å². The number of benzene rings is 1. The highest BCUT2D eigenvalue weighted by atomic mass is 19.1. The first-order chi connectivity index (χ1) is 6.18. The van der Waals surface area contributed by atoms with E-state index < -0.39 is 0 Å². The van der Waals surface area contributed by atoms with Crippen LogP contribution in [0.25, 0.3) is 0 Å². The Labute approximate surface area is 76.9 Å². The van der Waals surface area contributed by atoms with Crippen LogP contribution in [0.4, 0.5) is 10.1 Å². The van der Waals surface area contributed by atoms with E-state index in [9.17, 15) is 4.39 Å². The van der Waals surface area contributed by atoms with E-state index in [-0.39, 0.29) is 11.9 Å². The second-order valence-corrected chi connectivity index (χ2v) is 3.51. The van der Waals surface area contributed by atoms with Crippen LogP contribution in [0.1, 0.15) is 23.6 Å². The predicted molar refractivity (Wildman–Crippen MR) is 51.2 cm³/mol. The molecule has 0 aliphatic carbocycles. The molecule has 0 radical (unpaired) electrons. The number of hydrogen-bond donors (Lipinski definition) is 2. The summed E-state index contributed by atoms with van der Waals surface area (Å²) in [6.07, 6.45) is 0.916. The molecule has 2 rings (SSSR count). The van der Waals surface area contributed by atoms with Crippen molar-refractivity contribution in [1.29, 1.82) is 0 Å². The van der Waals surface area contributed by atoms with Gasteiger partial charge in [0, 0.05) is 18.3 Å². The summed E-state index contributed by atoms with van der Waals surface area (Å²) in [5.41, 5.74) is 8.79. The van der Waals surface area contributed by atoms with Crippen LogP contribution in [-0.4, -0.2) is 6.54 Å². The van der Waals surface area contributed by atoms with Crippen LogP contribution in [0.5, 0.6) is 0 Å². The molecule has 3 heteroatoms. The standard InChI is InChI=1S/C10H13FN2/c1-6-4-7(11)5-9-10(6)8(12)2-3-13-9/h4-5,8,13H,2-3,12H2,1H3. The fourth-order valence-corrected chi connectivity index (χ4v) is 1.90. The number of aryl methyl sites for hydroxylation is 1. The third kappa shape index (κ3) is 1.40. The van der Waals surface area contributed by atoms with Gasteiger partial charge in [0.05, 0.1) is 0 Å². The first-order valence-electron chi connectivity index (χ1n) is 4.48. The van der Waals surface area contributed by atoms with Crippen molar-refractivity contribution in [3.8, 4) is 0 Å². The smallest absolute Gasteiger partial charge is 0.125 e. The molecule has 2 nitrogen and oxygen atoms in total. The van der Waals surface area contributed by atoms with Crippen molar-refractivity contribution in [3.05, 3.63) is 29.1 Å². The van der Waals surface area contributed by atoms with E-state index in [0.29, 0.717) is 0 Å². The third-order valence-electron chi connectivity index (χ3n) is 2.49. The minimum Gasteiger partial charge on any atom is -0.385 e. The fraction of sp³-hybridized carbons (Fsp3) is 0.400. The molecule has 3 N–H and O–H groups in total. The second kappa shape index (κ2) is 3.00. The molecular formula is C10H13FN2. The summed E-state index contributed by atoms with van der Waals surface area (Å²) in [5, 5.41) is 3.15. The number of nitrogens with one attached hydrogen (secondary N) is 1. The lowest BCUT2D eigenvalue weighted by Crippen LogP contribution is -2.23. The Bertz CT molecular complexity index is 336. The lowest BCUT2D eigenvalue weighted by molar-refractivity contribution is 0.613. The molecule has 0 spiro atoms. The number of nitrogens with two attached hydrogens (primary N) is 1. The van der Waals surface area contributed by atoms with Crippen molar-refractivity contribution in [3.63, 3.8) is 0 Å². The van der Waals surface area contributed by atoms with Crippen molar-refractivity contribution in [1.82, 2.24) is 0 Å². The molecule has 1 atom stereocenters. The Hall–Kier alpha value is -1.09. The van der Waals surface area contributed by atoms with Crippen LogP contribution < -0.4 is 11.1 Å². The summed E-state index contributed by atoms with van der Waals surface area (Å²) in [5.74, 6) is -0.196. The Kier molecular flexibility index (Phi) is 1.96. The van der Waals surface area contributed by atoms with Gasteiger partial charge in [-0.25, -0.2) is 4.39 Å². The van der Waals surface area contributed by atoms with Crippen molar-refractivity contribution in [2.45, 2.75) is 19.4 Å². The zero-order valence-corrected chi connectivity index (χ0v) is 7.60. The van der Waals surface area contributed by atoms with E-state index in [2.05, 4.69) is 5.32 Å². The van der Waals surface area contributed by atoms with Crippen LogP contribution in [0.3, 0.4) is 0 Å². The van der Waals surface area contributed by atoms with Crippen LogP contribution in [0, 0.1) is 12.7 Å². The lowest BCUT2D eigenvalue weighted by atomic mass is 9.94.